The molecule has 0 amide bonds. The summed E-state index contributed by atoms with van der Waals surface area (Å²) in [6.07, 6.45) is 3.31. The molecule has 0 bridgehead atoms. The number of nitrogens with zero attached hydrogens (tertiary/aromatic N) is 5. The lowest BCUT2D eigenvalue weighted by atomic mass is 10.0. The topological polar surface area (TPSA) is 65.1 Å². The molecule has 0 atom stereocenters. The molecule has 0 fully saturated rings. The molecule has 26 heavy (non-hydrogen) atoms. The fourth-order valence-corrected chi connectivity index (χ4v) is 3.21. The molecule has 3 aromatic heterocycles. The molecule has 0 spiro atoms. The molecule has 0 saturated carbocycles. The SMILES string of the molecule is CCCn1ccc2c(nnc3c(-c4ccc(F)cc4)c(CC)nn32)c1=O. The average molecular weight is 351 g/mol. The molecule has 6 nitrogen and oxygen atoms in total. The number of rotatable bonds is 4. The van der Waals surface area contributed by atoms with Crippen molar-refractivity contribution in [3.8, 4) is 11.1 Å². The Hall–Kier alpha value is -3.09. The van der Waals surface area contributed by atoms with E-state index < -0.39 is 0 Å². The minimum Gasteiger partial charge on any atom is -0.313 e. The minimum absolute atomic E-state index is 0.171. The summed E-state index contributed by atoms with van der Waals surface area (Å²) < 4.78 is 16.6. The zero-order chi connectivity index (χ0) is 18.3. The Labute approximate surface area is 148 Å². The molecule has 0 radical (unpaired) electrons. The molecule has 4 aromatic rings. The predicted octanol–water partition coefficient (Wildman–Crippen LogP) is 3.22. The van der Waals surface area contributed by atoms with Gasteiger partial charge in [-0.25, -0.2) is 8.91 Å². The normalized spacial score (nSPS) is 11.5. The number of hydrogen-bond acceptors (Lipinski definition) is 4. The maximum Gasteiger partial charge on any atom is 0.280 e. The van der Waals surface area contributed by atoms with Crippen LogP contribution < -0.4 is 5.56 Å². The van der Waals surface area contributed by atoms with Gasteiger partial charge < -0.3 is 4.57 Å². The third kappa shape index (κ3) is 2.47. The van der Waals surface area contributed by atoms with Gasteiger partial charge in [-0.1, -0.05) is 26.0 Å². The summed E-state index contributed by atoms with van der Waals surface area (Å²) in [5.41, 5.74) is 3.78. The smallest absolute Gasteiger partial charge is 0.280 e. The average Bonchev–Trinajstić information content (AvgIpc) is 3.04. The first kappa shape index (κ1) is 16.4. The first-order valence-electron chi connectivity index (χ1n) is 8.67. The Morgan fingerprint density at radius 3 is 2.54 bits per heavy atom. The lowest BCUT2D eigenvalue weighted by Gasteiger charge is -2.06. The summed E-state index contributed by atoms with van der Waals surface area (Å²) in [5.74, 6) is -0.295. The summed E-state index contributed by atoms with van der Waals surface area (Å²) in [6.45, 7) is 4.65. The molecular weight excluding hydrogens is 333 g/mol. The van der Waals surface area contributed by atoms with Crippen LogP contribution in [-0.2, 0) is 13.0 Å². The monoisotopic (exact) mass is 351 g/mol. The van der Waals surface area contributed by atoms with Crippen molar-refractivity contribution in [2.75, 3.05) is 0 Å². The Bertz CT molecular complexity index is 1160. The molecule has 3 heterocycles. The number of benzene rings is 1. The Morgan fingerprint density at radius 2 is 1.85 bits per heavy atom. The maximum atomic E-state index is 13.3. The van der Waals surface area contributed by atoms with E-state index in [1.165, 1.54) is 12.1 Å². The van der Waals surface area contributed by atoms with E-state index in [1.54, 1.807) is 27.4 Å². The number of fused-ring (bicyclic) bond motifs is 3. The highest BCUT2D eigenvalue weighted by molar-refractivity contribution is 5.84. The zero-order valence-corrected chi connectivity index (χ0v) is 14.6. The van der Waals surface area contributed by atoms with Crippen LogP contribution in [0.1, 0.15) is 26.0 Å². The number of pyridine rings is 1. The predicted molar refractivity (Wildman–Crippen MR) is 97.6 cm³/mol. The van der Waals surface area contributed by atoms with Crippen molar-refractivity contribution in [2.45, 2.75) is 33.2 Å². The van der Waals surface area contributed by atoms with Crippen molar-refractivity contribution in [2.24, 2.45) is 0 Å². The van der Waals surface area contributed by atoms with E-state index >= 15 is 0 Å². The van der Waals surface area contributed by atoms with Crippen LogP contribution in [0.15, 0.2) is 41.3 Å². The highest BCUT2D eigenvalue weighted by atomic mass is 19.1. The van der Waals surface area contributed by atoms with Crippen molar-refractivity contribution >= 4 is 16.7 Å². The van der Waals surface area contributed by atoms with Crippen LogP contribution in [0, 0.1) is 5.82 Å². The van der Waals surface area contributed by atoms with Crippen molar-refractivity contribution in [1.29, 1.82) is 0 Å². The second-order valence-corrected chi connectivity index (χ2v) is 6.17. The van der Waals surface area contributed by atoms with Crippen LogP contribution >= 0.6 is 0 Å². The fourth-order valence-electron chi connectivity index (χ4n) is 3.21. The Kier molecular flexibility index (Phi) is 3.99. The van der Waals surface area contributed by atoms with Crippen LogP contribution in [0.5, 0.6) is 0 Å². The van der Waals surface area contributed by atoms with Gasteiger partial charge in [0.05, 0.1) is 11.3 Å². The van der Waals surface area contributed by atoms with Gasteiger partial charge in [-0.3, -0.25) is 4.79 Å². The van der Waals surface area contributed by atoms with Gasteiger partial charge >= 0.3 is 0 Å². The summed E-state index contributed by atoms with van der Waals surface area (Å²) in [4.78, 5) is 12.6. The standard InChI is InChI=1S/C19H18FN5O/c1-3-10-24-11-9-15-17(19(24)26)21-22-18-16(14(4-2)23-25(15)18)12-5-7-13(20)8-6-12/h5-9,11H,3-4,10H2,1-2H3. The zero-order valence-electron chi connectivity index (χ0n) is 14.6. The van der Waals surface area contributed by atoms with Crippen LogP contribution in [0.4, 0.5) is 4.39 Å². The third-order valence-electron chi connectivity index (χ3n) is 4.46. The summed E-state index contributed by atoms with van der Waals surface area (Å²) >= 11 is 0. The number of hydrogen-bond donors (Lipinski definition) is 0. The Balaban J connectivity index is 2.03. The summed E-state index contributed by atoms with van der Waals surface area (Å²) in [5, 5.41) is 13.1. The molecule has 0 N–H and O–H groups in total. The number of halogens is 1. The van der Waals surface area contributed by atoms with Gasteiger partial charge in [0.25, 0.3) is 5.56 Å². The Morgan fingerprint density at radius 1 is 1.08 bits per heavy atom. The van der Waals surface area contributed by atoms with Crippen LogP contribution in [0.25, 0.3) is 27.8 Å². The van der Waals surface area contributed by atoms with Gasteiger partial charge in [-0.2, -0.15) is 5.10 Å². The van der Waals surface area contributed by atoms with Crippen molar-refractivity contribution in [3.05, 3.63) is 58.4 Å². The van der Waals surface area contributed by atoms with E-state index in [2.05, 4.69) is 15.3 Å². The van der Waals surface area contributed by atoms with Crippen LogP contribution in [-0.4, -0.2) is 24.4 Å². The van der Waals surface area contributed by atoms with Crippen molar-refractivity contribution in [1.82, 2.24) is 24.4 Å². The summed E-state index contributed by atoms with van der Waals surface area (Å²) in [7, 11) is 0. The molecule has 1 aromatic carbocycles. The lowest BCUT2D eigenvalue weighted by Crippen LogP contribution is -2.21. The molecule has 0 aliphatic carbocycles. The van der Waals surface area contributed by atoms with Gasteiger partial charge in [0.1, 0.15) is 11.3 Å². The molecule has 0 aliphatic rings. The number of aromatic nitrogens is 5. The van der Waals surface area contributed by atoms with Crippen molar-refractivity contribution < 1.29 is 4.39 Å². The van der Waals surface area contributed by atoms with E-state index in [1.807, 2.05) is 19.9 Å². The van der Waals surface area contributed by atoms with Gasteiger partial charge in [-0.05, 0) is 36.6 Å². The molecule has 0 unspecified atom stereocenters. The third-order valence-corrected chi connectivity index (χ3v) is 4.46. The molecule has 4 rings (SSSR count). The van der Waals surface area contributed by atoms with E-state index in [-0.39, 0.29) is 11.4 Å². The quantitative estimate of drug-likeness (QED) is 0.566. The first-order valence-corrected chi connectivity index (χ1v) is 8.67. The van der Waals surface area contributed by atoms with E-state index in [9.17, 15) is 9.18 Å². The summed E-state index contributed by atoms with van der Waals surface area (Å²) in [6, 6.07) is 8.08. The van der Waals surface area contributed by atoms with Crippen LogP contribution in [0.2, 0.25) is 0 Å². The fraction of sp³-hybridized carbons (Fsp3) is 0.263. The molecular formula is C19H18FN5O. The molecule has 0 saturated heterocycles. The van der Waals surface area contributed by atoms with Gasteiger partial charge in [0, 0.05) is 12.7 Å². The second kappa shape index (κ2) is 6.33. The first-order chi connectivity index (χ1) is 12.6. The van der Waals surface area contributed by atoms with Gasteiger partial charge in [-0.15, -0.1) is 10.2 Å². The second-order valence-electron chi connectivity index (χ2n) is 6.17. The van der Waals surface area contributed by atoms with E-state index in [0.717, 1.165) is 23.2 Å². The van der Waals surface area contributed by atoms with Crippen molar-refractivity contribution in [3.63, 3.8) is 0 Å². The molecule has 0 aliphatic heterocycles. The highest BCUT2D eigenvalue weighted by Crippen LogP contribution is 2.29. The van der Waals surface area contributed by atoms with Gasteiger partial charge in [0.15, 0.2) is 11.2 Å². The van der Waals surface area contributed by atoms with E-state index in [4.69, 9.17) is 0 Å². The highest BCUT2D eigenvalue weighted by Gasteiger charge is 2.18. The minimum atomic E-state index is -0.295. The number of aryl methyl sites for hydroxylation is 2. The molecule has 132 valence electrons. The van der Waals surface area contributed by atoms with Gasteiger partial charge in [0.2, 0.25) is 0 Å². The van der Waals surface area contributed by atoms with Crippen LogP contribution in [0.3, 0.4) is 0 Å². The largest absolute Gasteiger partial charge is 0.313 e. The lowest BCUT2D eigenvalue weighted by molar-refractivity contribution is 0.628. The maximum absolute atomic E-state index is 13.3. The van der Waals surface area contributed by atoms with E-state index in [0.29, 0.717) is 29.6 Å². The molecule has 7 heteroatoms.